The van der Waals surface area contributed by atoms with Crippen LogP contribution in [0.2, 0.25) is 0 Å². The quantitative estimate of drug-likeness (QED) is 0.698. The van der Waals surface area contributed by atoms with Crippen LogP contribution in [0.25, 0.3) is 0 Å². The molecule has 2 rings (SSSR count). The number of hydrogen-bond acceptors (Lipinski definition) is 6. The van der Waals surface area contributed by atoms with Gasteiger partial charge in [0.2, 0.25) is 0 Å². The van der Waals surface area contributed by atoms with Crippen molar-refractivity contribution in [1.82, 2.24) is 9.97 Å². The summed E-state index contributed by atoms with van der Waals surface area (Å²) in [7, 11) is 1.63. The van der Waals surface area contributed by atoms with Crippen LogP contribution in [0.15, 0.2) is 6.07 Å². The van der Waals surface area contributed by atoms with Crippen molar-refractivity contribution in [2.45, 2.75) is 57.8 Å². The third-order valence-corrected chi connectivity index (χ3v) is 3.72. The van der Waals surface area contributed by atoms with E-state index in [2.05, 4.69) is 20.6 Å². The summed E-state index contributed by atoms with van der Waals surface area (Å²) < 4.78 is 5.12. The lowest BCUT2D eigenvalue weighted by Gasteiger charge is -2.22. The molecular weight excluding hydrogens is 268 g/mol. The Hall–Kier alpha value is -1.40. The molecule has 6 nitrogen and oxygen atoms in total. The number of aliphatic hydroxyl groups excluding tert-OH is 1. The minimum atomic E-state index is -0.309. The largest absolute Gasteiger partial charge is 0.391 e. The van der Waals surface area contributed by atoms with Gasteiger partial charge in [-0.15, -0.1) is 0 Å². The summed E-state index contributed by atoms with van der Waals surface area (Å²) in [6.45, 7) is 3.20. The third-order valence-electron chi connectivity index (χ3n) is 3.72. The number of nitrogens with one attached hydrogen (secondary N) is 2. The van der Waals surface area contributed by atoms with E-state index in [1.165, 1.54) is 6.42 Å². The lowest BCUT2D eigenvalue weighted by Crippen LogP contribution is -2.33. The SMILES string of the molecule is CCNc1cc(NC2CCCCCC2O)nc(COC)n1. The Kier molecular flexibility index (Phi) is 6.20. The zero-order valence-electron chi connectivity index (χ0n) is 12.9. The van der Waals surface area contributed by atoms with E-state index in [-0.39, 0.29) is 12.1 Å². The number of hydrogen-bond donors (Lipinski definition) is 3. The average molecular weight is 294 g/mol. The second-order valence-electron chi connectivity index (χ2n) is 5.47. The average Bonchev–Trinajstić information content (AvgIpc) is 2.65. The van der Waals surface area contributed by atoms with Gasteiger partial charge in [-0.25, -0.2) is 9.97 Å². The Morgan fingerprint density at radius 3 is 2.76 bits per heavy atom. The molecule has 3 N–H and O–H groups in total. The minimum absolute atomic E-state index is 0.0623. The molecule has 1 aromatic heterocycles. The van der Waals surface area contributed by atoms with E-state index < -0.39 is 0 Å². The molecule has 1 fully saturated rings. The molecule has 1 aliphatic carbocycles. The Morgan fingerprint density at radius 2 is 2.00 bits per heavy atom. The summed E-state index contributed by atoms with van der Waals surface area (Å²) in [6, 6.07) is 1.95. The number of ether oxygens (including phenoxy) is 1. The molecule has 6 heteroatoms. The van der Waals surface area contributed by atoms with Gasteiger partial charge in [0.1, 0.15) is 18.2 Å². The molecule has 2 atom stereocenters. The molecule has 1 aromatic rings. The maximum absolute atomic E-state index is 10.2. The summed E-state index contributed by atoms with van der Waals surface area (Å²) >= 11 is 0. The first-order valence-corrected chi connectivity index (χ1v) is 7.78. The van der Waals surface area contributed by atoms with Crippen molar-refractivity contribution in [1.29, 1.82) is 0 Å². The fourth-order valence-electron chi connectivity index (χ4n) is 2.68. The highest BCUT2D eigenvalue weighted by atomic mass is 16.5. The summed E-state index contributed by atoms with van der Waals surface area (Å²) in [4.78, 5) is 8.86. The van der Waals surface area contributed by atoms with E-state index in [1.54, 1.807) is 7.11 Å². The van der Waals surface area contributed by atoms with Crippen LogP contribution < -0.4 is 10.6 Å². The monoisotopic (exact) mass is 294 g/mol. The molecule has 118 valence electrons. The predicted octanol–water partition coefficient (Wildman–Crippen LogP) is 2.16. The van der Waals surface area contributed by atoms with Gasteiger partial charge in [0.15, 0.2) is 5.82 Å². The first kappa shape index (κ1) is 16.0. The molecule has 1 aliphatic rings. The van der Waals surface area contributed by atoms with Gasteiger partial charge in [0.05, 0.1) is 12.1 Å². The second-order valence-corrected chi connectivity index (χ2v) is 5.47. The van der Waals surface area contributed by atoms with Crippen molar-refractivity contribution in [3.63, 3.8) is 0 Å². The zero-order valence-corrected chi connectivity index (χ0v) is 12.9. The maximum Gasteiger partial charge on any atom is 0.158 e. The molecule has 0 aromatic carbocycles. The highest BCUT2D eigenvalue weighted by molar-refractivity contribution is 5.48. The molecule has 2 unspecified atom stereocenters. The van der Waals surface area contributed by atoms with Crippen LogP contribution in [0.5, 0.6) is 0 Å². The minimum Gasteiger partial charge on any atom is -0.391 e. The molecule has 1 heterocycles. The van der Waals surface area contributed by atoms with E-state index in [9.17, 15) is 5.11 Å². The number of aromatic nitrogens is 2. The van der Waals surface area contributed by atoms with Crippen molar-refractivity contribution in [3.8, 4) is 0 Å². The molecule has 0 saturated heterocycles. The van der Waals surface area contributed by atoms with Crippen molar-refractivity contribution < 1.29 is 9.84 Å². The maximum atomic E-state index is 10.2. The van der Waals surface area contributed by atoms with Crippen LogP contribution in [0.1, 0.15) is 44.9 Å². The predicted molar refractivity (Wildman–Crippen MR) is 83.4 cm³/mol. The topological polar surface area (TPSA) is 79.3 Å². The fourth-order valence-corrected chi connectivity index (χ4v) is 2.68. The van der Waals surface area contributed by atoms with Crippen LogP contribution in [0, 0.1) is 0 Å². The summed E-state index contributed by atoms with van der Waals surface area (Å²) in [5.74, 6) is 2.17. The van der Waals surface area contributed by atoms with Crippen LogP contribution in [0.4, 0.5) is 11.6 Å². The smallest absolute Gasteiger partial charge is 0.158 e. The zero-order chi connectivity index (χ0) is 15.1. The second kappa shape index (κ2) is 8.14. The first-order chi connectivity index (χ1) is 10.2. The first-order valence-electron chi connectivity index (χ1n) is 7.78. The Bertz CT molecular complexity index is 417. The molecule has 0 amide bonds. The number of methoxy groups -OCH3 is 1. The number of aliphatic hydroxyl groups is 1. The van der Waals surface area contributed by atoms with E-state index in [4.69, 9.17) is 4.74 Å². The van der Waals surface area contributed by atoms with E-state index in [0.29, 0.717) is 12.4 Å². The van der Waals surface area contributed by atoms with Gasteiger partial charge in [0.25, 0.3) is 0 Å². The highest BCUT2D eigenvalue weighted by Gasteiger charge is 2.22. The van der Waals surface area contributed by atoms with Crippen LogP contribution >= 0.6 is 0 Å². The van der Waals surface area contributed by atoms with Crippen molar-refractivity contribution in [2.75, 3.05) is 24.3 Å². The molecule has 0 spiro atoms. The third kappa shape index (κ3) is 4.82. The molecular formula is C15H26N4O2. The summed E-state index contributed by atoms with van der Waals surface area (Å²) in [6.07, 6.45) is 4.95. The van der Waals surface area contributed by atoms with Gasteiger partial charge < -0.3 is 20.5 Å². The van der Waals surface area contributed by atoms with E-state index in [1.807, 2.05) is 13.0 Å². The lowest BCUT2D eigenvalue weighted by molar-refractivity contribution is 0.144. The van der Waals surface area contributed by atoms with E-state index >= 15 is 0 Å². The Labute approximate surface area is 126 Å². The summed E-state index contributed by atoms with van der Waals surface area (Å²) in [5, 5.41) is 16.8. The standard InChI is InChI=1S/C15H26N4O2/c1-3-16-13-9-14(19-15(18-13)10-21-2)17-11-7-5-4-6-8-12(11)20/h9,11-12,20H,3-8,10H2,1-2H3,(H2,16,17,18,19). The van der Waals surface area contributed by atoms with Gasteiger partial charge in [0, 0.05) is 19.7 Å². The van der Waals surface area contributed by atoms with Gasteiger partial charge in [-0.3, -0.25) is 0 Å². The number of nitrogens with zero attached hydrogens (tertiary/aromatic N) is 2. The Balaban J connectivity index is 2.12. The van der Waals surface area contributed by atoms with Crippen molar-refractivity contribution in [3.05, 3.63) is 11.9 Å². The van der Waals surface area contributed by atoms with Gasteiger partial charge in [-0.2, -0.15) is 0 Å². The molecule has 0 aliphatic heterocycles. The van der Waals surface area contributed by atoms with Gasteiger partial charge >= 0.3 is 0 Å². The molecule has 21 heavy (non-hydrogen) atoms. The lowest BCUT2D eigenvalue weighted by atomic mass is 10.1. The van der Waals surface area contributed by atoms with Crippen LogP contribution in [-0.4, -0.2) is 40.9 Å². The fraction of sp³-hybridized carbons (Fsp3) is 0.733. The van der Waals surface area contributed by atoms with Crippen LogP contribution in [0.3, 0.4) is 0 Å². The highest BCUT2D eigenvalue weighted by Crippen LogP contribution is 2.22. The van der Waals surface area contributed by atoms with Crippen LogP contribution in [-0.2, 0) is 11.3 Å². The molecule has 0 bridgehead atoms. The van der Waals surface area contributed by atoms with E-state index in [0.717, 1.165) is 43.9 Å². The molecule has 1 saturated carbocycles. The van der Waals surface area contributed by atoms with Crippen molar-refractivity contribution in [2.24, 2.45) is 0 Å². The number of rotatable bonds is 6. The number of anilines is 2. The van der Waals surface area contributed by atoms with Gasteiger partial charge in [-0.1, -0.05) is 19.3 Å². The normalized spacial score (nSPS) is 22.6. The van der Waals surface area contributed by atoms with Crippen molar-refractivity contribution >= 4 is 11.6 Å². The van der Waals surface area contributed by atoms with Gasteiger partial charge in [-0.05, 0) is 19.8 Å². The Morgan fingerprint density at radius 1 is 1.24 bits per heavy atom. The summed E-state index contributed by atoms with van der Waals surface area (Å²) in [5.41, 5.74) is 0. The molecule has 0 radical (unpaired) electrons.